The summed E-state index contributed by atoms with van der Waals surface area (Å²) >= 11 is 8.59. The molecule has 2 aromatic heterocycles. The van der Waals surface area contributed by atoms with Crippen molar-refractivity contribution >= 4 is 46.4 Å². The van der Waals surface area contributed by atoms with Crippen LogP contribution in [0.3, 0.4) is 0 Å². The monoisotopic (exact) mass is 446 g/mol. The Hall–Kier alpha value is -2.42. The minimum Gasteiger partial charge on any atom is -0.351 e. The summed E-state index contributed by atoms with van der Waals surface area (Å²) in [6.07, 6.45) is 2.28. The number of benzene rings is 1. The molecular weight excluding hydrogens is 428 g/mol. The van der Waals surface area contributed by atoms with E-state index in [1.54, 1.807) is 36.4 Å². The van der Waals surface area contributed by atoms with Crippen molar-refractivity contribution in [2.75, 3.05) is 12.3 Å². The van der Waals surface area contributed by atoms with Crippen LogP contribution in [-0.2, 0) is 13.0 Å². The largest absolute Gasteiger partial charge is 0.351 e. The van der Waals surface area contributed by atoms with E-state index in [0.717, 1.165) is 5.82 Å². The highest BCUT2D eigenvalue weighted by molar-refractivity contribution is 7.99. The van der Waals surface area contributed by atoms with E-state index < -0.39 is 0 Å². The van der Waals surface area contributed by atoms with Crippen molar-refractivity contribution in [2.45, 2.75) is 18.1 Å². The van der Waals surface area contributed by atoms with Crippen molar-refractivity contribution in [2.24, 2.45) is 0 Å². The standard InChI is InChI=1S/C20H19ClN4O2S2/c1-2-11-25-18(9-10-22-19(27)17-4-3-12-28-17)23-24-20(25)29-13-16(26)14-5-7-15(21)8-6-14/h2-8,12H,1,9-11,13H2,(H,22,27). The summed E-state index contributed by atoms with van der Waals surface area (Å²) in [5.74, 6) is 0.867. The number of allylic oxidation sites excluding steroid dienone is 1. The van der Waals surface area contributed by atoms with Crippen molar-refractivity contribution in [3.63, 3.8) is 0 Å². The molecule has 0 bridgehead atoms. The number of nitrogens with one attached hydrogen (secondary N) is 1. The lowest BCUT2D eigenvalue weighted by Gasteiger charge is -2.08. The van der Waals surface area contributed by atoms with Crippen LogP contribution in [0.4, 0.5) is 0 Å². The molecule has 0 saturated heterocycles. The minimum atomic E-state index is -0.0991. The van der Waals surface area contributed by atoms with Gasteiger partial charge in [0.2, 0.25) is 0 Å². The van der Waals surface area contributed by atoms with E-state index in [1.807, 2.05) is 16.0 Å². The normalized spacial score (nSPS) is 10.7. The van der Waals surface area contributed by atoms with E-state index in [2.05, 4.69) is 22.1 Å². The van der Waals surface area contributed by atoms with Gasteiger partial charge in [-0.1, -0.05) is 35.5 Å². The number of hydrogen-bond donors (Lipinski definition) is 1. The fraction of sp³-hybridized carbons (Fsp3) is 0.200. The number of carbonyl (C=O) groups is 2. The molecular formula is C20H19ClN4O2S2. The third kappa shape index (κ3) is 5.79. The molecule has 0 aliphatic heterocycles. The van der Waals surface area contributed by atoms with Gasteiger partial charge in [0.25, 0.3) is 5.91 Å². The first-order chi connectivity index (χ1) is 14.1. The lowest BCUT2D eigenvalue weighted by atomic mass is 10.1. The molecule has 0 atom stereocenters. The molecule has 3 aromatic rings. The molecule has 150 valence electrons. The highest BCUT2D eigenvalue weighted by Crippen LogP contribution is 2.20. The predicted octanol–water partition coefficient (Wildman–Crippen LogP) is 4.13. The van der Waals surface area contributed by atoms with Crippen LogP contribution in [0.15, 0.2) is 59.6 Å². The summed E-state index contributed by atoms with van der Waals surface area (Å²) < 4.78 is 1.91. The lowest BCUT2D eigenvalue weighted by Crippen LogP contribution is -2.25. The molecule has 1 amide bonds. The van der Waals surface area contributed by atoms with Gasteiger partial charge in [0.1, 0.15) is 5.82 Å². The number of thiophene rings is 1. The van der Waals surface area contributed by atoms with Gasteiger partial charge in [-0.3, -0.25) is 9.59 Å². The molecule has 0 fully saturated rings. The molecule has 0 spiro atoms. The molecule has 0 radical (unpaired) electrons. The van der Waals surface area contributed by atoms with Crippen LogP contribution in [-0.4, -0.2) is 38.8 Å². The quantitative estimate of drug-likeness (QED) is 0.288. The Balaban J connectivity index is 1.58. The Bertz CT molecular complexity index is 985. The van der Waals surface area contributed by atoms with E-state index >= 15 is 0 Å². The second kappa shape index (κ2) is 10.4. The molecule has 0 saturated carbocycles. The van der Waals surface area contributed by atoms with Crippen molar-refractivity contribution in [3.05, 3.63) is 75.7 Å². The number of aromatic nitrogens is 3. The summed E-state index contributed by atoms with van der Waals surface area (Å²) in [6.45, 7) is 4.75. The molecule has 6 nitrogen and oxygen atoms in total. The van der Waals surface area contributed by atoms with Gasteiger partial charge < -0.3 is 9.88 Å². The first-order valence-corrected chi connectivity index (χ1v) is 11.1. The first kappa shape index (κ1) is 21.3. The van der Waals surface area contributed by atoms with Crippen molar-refractivity contribution < 1.29 is 9.59 Å². The minimum absolute atomic E-state index is 0.00965. The Morgan fingerprint density at radius 3 is 2.72 bits per heavy atom. The molecule has 9 heteroatoms. The second-order valence-electron chi connectivity index (χ2n) is 6.00. The van der Waals surface area contributed by atoms with E-state index in [1.165, 1.54) is 23.1 Å². The van der Waals surface area contributed by atoms with Crippen LogP contribution < -0.4 is 5.32 Å². The molecule has 0 aliphatic rings. The highest BCUT2D eigenvalue weighted by Gasteiger charge is 2.15. The summed E-state index contributed by atoms with van der Waals surface area (Å²) in [6, 6.07) is 10.4. The number of hydrogen-bond acceptors (Lipinski definition) is 6. The number of Topliss-reactive ketones (excluding diaryl/α,β-unsaturated/α-hetero) is 1. The fourth-order valence-corrected chi connectivity index (χ4v) is 4.18. The van der Waals surface area contributed by atoms with E-state index in [0.29, 0.717) is 40.1 Å². The van der Waals surface area contributed by atoms with Crippen LogP contribution in [0.2, 0.25) is 5.02 Å². The third-order valence-corrected chi connectivity index (χ3v) is 6.07. The zero-order valence-corrected chi connectivity index (χ0v) is 17.9. The molecule has 3 rings (SSSR count). The average Bonchev–Trinajstić information content (AvgIpc) is 3.38. The van der Waals surface area contributed by atoms with Gasteiger partial charge in [-0.05, 0) is 35.7 Å². The first-order valence-electron chi connectivity index (χ1n) is 8.84. The molecule has 0 unspecified atom stereocenters. The van der Waals surface area contributed by atoms with Gasteiger partial charge in [-0.2, -0.15) is 0 Å². The topological polar surface area (TPSA) is 76.9 Å². The zero-order valence-electron chi connectivity index (χ0n) is 15.5. The number of rotatable bonds is 10. The Labute approximate surface area is 182 Å². The van der Waals surface area contributed by atoms with Gasteiger partial charge in [0, 0.05) is 30.1 Å². The van der Waals surface area contributed by atoms with E-state index in [9.17, 15) is 9.59 Å². The maximum absolute atomic E-state index is 12.4. The van der Waals surface area contributed by atoms with Crippen LogP contribution in [0.5, 0.6) is 0 Å². The number of nitrogens with zero attached hydrogens (tertiary/aromatic N) is 3. The van der Waals surface area contributed by atoms with Gasteiger partial charge in [-0.15, -0.1) is 28.1 Å². The lowest BCUT2D eigenvalue weighted by molar-refractivity contribution is 0.0957. The Kier molecular flexibility index (Phi) is 7.62. The van der Waals surface area contributed by atoms with Crippen LogP contribution in [0, 0.1) is 0 Å². The van der Waals surface area contributed by atoms with E-state index in [4.69, 9.17) is 11.6 Å². The zero-order chi connectivity index (χ0) is 20.6. The molecule has 29 heavy (non-hydrogen) atoms. The van der Waals surface area contributed by atoms with E-state index in [-0.39, 0.29) is 17.4 Å². The molecule has 0 aliphatic carbocycles. The average molecular weight is 447 g/mol. The smallest absolute Gasteiger partial charge is 0.261 e. The number of carbonyl (C=O) groups excluding carboxylic acids is 2. The molecule has 1 aromatic carbocycles. The summed E-state index contributed by atoms with van der Waals surface area (Å²) in [7, 11) is 0. The van der Waals surface area contributed by atoms with Gasteiger partial charge in [0.05, 0.1) is 10.6 Å². The summed E-state index contributed by atoms with van der Waals surface area (Å²) in [5.41, 5.74) is 0.605. The SMILES string of the molecule is C=CCn1c(CCNC(=O)c2cccs2)nnc1SCC(=O)c1ccc(Cl)cc1. The van der Waals surface area contributed by atoms with Crippen molar-refractivity contribution in [1.82, 2.24) is 20.1 Å². The number of amides is 1. The number of halogens is 1. The molecule has 1 N–H and O–H groups in total. The maximum Gasteiger partial charge on any atom is 0.261 e. The van der Waals surface area contributed by atoms with Crippen LogP contribution in [0.1, 0.15) is 25.9 Å². The Morgan fingerprint density at radius 1 is 1.24 bits per heavy atom. The second-order valence-corrected chi connectivity index (χ2v) is 8.33. The summed E-state index contributed by atoms with van der Waals surface area (Å²) in [5, 5.41) is 14.4. The highest BCUT2D eigenvalue weighted by atomic mass is 35.5. The Morgan fingerprint density at radius 2 is 2.03 bits per heavy atom. The number of ketones is 1. The van der Waals surface area contributed by atoms with Gasteiger partial charge in [0.15, 0.2) is 10.9 Å². The fourth-order valence-electron chi connectivity index (χ4n) is 2.56. The summed E-state index contributed by atoms with van der Waals surface area (Å²) in [4.78, 5) is 25.1. The maximum atomic E-state index is 12.4. The predicted molar refractivity (Wildman–Crippen MR) is 117 cm³/mol. The van der Waals surface area contributed by atoms with Gasteiger partial charge in [-0.25, -0.2) is 0 Å². The number of thioether (sulfide) groups is 1. The molecule has 2 heterocycles. The van der Waals surface area contributed by atoms with Crippen LogP contribution >= 0.6 is 34.7 Å². The van der Waals surface area contributed by atoms with Gasteiger partial charge >= 0.3 is 0 Å². The van der Waals surface area contributed by atoms with Crippen molar-refractivity contribution in [3.8, 4) is 0 Å². The van der Waals surface area contributed by atoms with Crippen molar-refractivity contribution in [1.29, 1.82) is 0 Å². The third-order valence-electron chi connectivity index (χ3n) is 3.98. The van der Waals surface area contributed by atoms with Crippen LogP contribution in [0.25, 0.3) is 0 Å².